The van der Waals surface area contributed by atoms with Crippen LogP contribution in [0.15, 0.2) is 30.6 Å². The summed E-state index contributed by atoms with van der Waals surface area (Å²) in [5, 5.41) is 7.24. The Balaban J connectivity index is 1.72. The van der Waals surface area contributed by atoms with Crippen LogP contribution in [0.25, 0.3) is 11.4 Å². The van der Waals surface area contributed by atoms with Crippen LogP contribution in [-0.4, -0.2) is 63.8 Å². The molecule has 2 aromatic heterocycles. The number of benzene rings is 1. The SMILES string of the molecule is Cc1cnc([C@H](OC(C)C)[C@H](C)S(=O)(=O)Nc2nnc3n2[C@@H](COC(C)C)COc2ccc(F)cc2-3)nc1. The van der Waals surface area contributed by atoms with Gasteiger partial charge in [0.15, 0.2) is 11.6 Å². The summed E-state index contributed by atoms with van der Waals surface area (Å²) in [5.41, 5.74) is 1.20. The van der Waals surface area contributed by atoms with Crippen molar-refractivity contribution in [2.45, 2.75) is 71.1 Å². The van der Waals surface area contributed by atoms with E-state index in [1.54, 1.807) is 17.0 Å². The van der Waals surface area contributed by atoms with Gasteiger partial charge < -0.3 is 14.2 Å². The van der Waals surface area contributed by atoms with Crippen molar-refractivity contribution in [3.05, 3.63) is 47.8 Å². The summed E-state index contributed by atoms with van der Waals surface area (Å²) in [4.78, 5) is 8.60. The first-order valence-electron chi connectivity index (χ1n) is 12.4. The van der Waals surface area contributed by atoms with Crippen LogP contribution in [0.3, 0.4) is 0 Å². The lowest BCUT2D eigenvalue weighted by molar-refractivity contribution is 0.00151. The highest BCUT2D eigenvalue weighted by atomic mass is 32.2. The van der Waals surface area contributed by atoms with Crippen LogP contribution in [-0.2, 0) is 19.5 Å². The molecule has 0 saturated carbocycles. The number of nitrogens with one attached hydrogen (secondary N) is 1. The van der Waals surface area contributed by atoms with Gasteiger partial charge >= 0.3 is 0 Å². The first-order chi connectivity index (χ1) is 18.0. The normalized spacial score (nSPS) is 16.9. The van der Waals surface area contributed by atoms with Crippen LogP contribution in [0.1, 0.15) is 58.2 Å². The van der Waals surface area contributed by atoms with Crippen molar-refractivity contribution in [2.24, 2.45) is 0 Å². The van der Waals surface area contributed by atoms with Crippen molar-refractivity contribution < 1.29 is 27.0 Å². The number of anilines is 1. The second kappa shape index (κ2) is 11.3. The molecule has 1 aromatic carbocycles. The summed E-state index contributed by atoms with van der Waals surface area (Å²) in [6.07, 6.45) is 1.91. The molecule has 13 heteroatoms. The van der Waals surface area contributed by atoms with Gasteiger partial charge in [0.1, 0.15) is 29.5 Å². The zero-order valence-corrected chi connectivity index (χ0v) is 23.1. The summed E-state index contributed by atoms with van der Waals surface area (Å²) in [6, 6.07) is 3.59. The largest absolute Gasteiger partial charge is 0.491 e. The van der Waals surface area contributed by atoms with Crippen molar-refractivity contribution in [1.29, 1.82) is 0 Å². The number of hydrogen-bond acceptors (Lipinski definition) is 9. The van der Waals surface area contributed by atoms with Crippen molar-refractivity contribution in [3.8, 4) is 17.1 Å². The van der Waals surface area contributed by atoms with Crippen LogP contribution >= 0.6 is 0 Å². The minimum absolute atomic E-state index is 0.0435. The van der Waals surface area contributed by atoms with Gasteiger partial charge in [-0.2, -0.15) is 0 Å². The van der Waals surface area contributed by atoms with E-state index < -0.39 is 33.2 Å². The molecule has 4 rings (SSSR count). The third-order valence-electron chi connectivity index (χ3n) is 5.92. The Morgan fingerprint density at radius 3 is 2.50 bits per heavy atom. The molecule has 0 fully saturated rings. The highest BCUT2D eigenvalue weighted by molar-refractivity contribution is 7.93. The molecule has 3 atom stereocenters. The molecule has 206 valence electrons. The lowest BCUT2D eigenvalue weighted by Gasteiger charge is -2.26. The number of halogens is 1. The van der Waals surface area contributed by atoms with Crippen LogP contribution < -0.4 is 9.46 Å². The van der Waals surface area contributed by atoms with Gasteiger partial charge in [-0.3, -0.25) is 9.29 Å². The van der Waals surface area contributed by atoms with Gasteiger partial charge in [0.05, 0.1) is 30.4 Å². The quantitative estimate of drug-likeness (QED) is 0.402. The van der Waals surface area contributed by atoms with E-state index in [1.165, 1.54) is 25.1 Å². The highest BCUT2D eigenvalue weighted by Crippen LogP contribution is 2.37. The highest BCUT2D eigenvalue weighted by Gasteiger charge is 2.37. The topological polar surface area (TPSA) is 130 Å². The number of ether oxygens (including phenoxy) is 3. The summed E-state index contributed by atoms with van der Waals surface area (Å²) in [5.74, 6) is 0.399. The minimum Gasteiger partial charge on any atom is -0.491 e. The van der Waals surface area contributed by atoms with Gasteiger partial charge in [-0.05, 0) is 65.3 Å². The molecule has 0 bridgehead atoms. The maximum atomic E-state index is 14.2. The molecule has 1 aliphatic heterocycles. The van der Waals surface area contributed by atoms with Crippen molar-refractivity contribution in [1.82, 2.24) is 24.7 Å². The first-order valence-corrected chi connectivity index (χ1v) is 14.0. The van der Waals surface area contributed by atoms with Crippen LogP contribution in [0.4, 0.5) is 10.3 Å². The van der Waals surface area contributed by atoms with E-state index in [4.69, 9.17) is 14.2 Å². The molecule has 3 aromatic rings. The van der Waals surface area contributed by atoms with Gasteiger partial charge in [-0.1, -0.05) is 0 Å². The monoisotopic (exact) mass is 548 g/mol. The number of rotatable bonds is 10. The summed E-state index contributed by atoms with van der Waals surface area (Å²) in [6.45, 7) is 11.1. The lowest BCUT2D eigenvalue weighted by Crippen LogP contribution is -2.35. The predicted octanol–water partition coefficient (Wildman–Crippen LogP) is 3.84. The molecule has 3 heterocycles. The fourth-order valence-corrected chi connectivity index (χ4v) is 5.08. The fraction of sp³-hybridized carbons (Fsp3) is 0.520. The van der Waals surface area contributed by atoms with Crippen molar-refractivity contribution in [2.75, 3.05) is 17.9 Å². The van der Waals surface area contributed by atoms with Crippen LogP contribution in [0.2, 0.25) is 0 Å². The average Bonchev–Trinajstić information content (AvgIpc) is 3.18. The molecule has 1 N–H and O–H groups in total. The number of hydrogen-bond donors (Lipinski definition) is 1. The van der Waals surface area contributed by atoms with E-state index >= 15 is 0 Å². The molecule has 0 radical (unpaired) electrons. The second-order valence-electron chi connectivity index (χ2n) is 9.78. The number of fused-ring (bicyclic) bond motifs is 3. The smallest absolute Gasteiger partial charge is 0.240 e. The first kappa shape index (κ1) is 27.9. The number of aromatic nitrogens is 5. The third kappa shape index (κ3) is 6.11. The Kier molecular flexibility index (Phi) is 8.28. The Labute approximate surface area is 221 Å². The molecular formula is C25H33FN6O5S. The third-order valence-corrected chi connectivity index (χ3v) is 7.61. The number of aryl methyl sites for hydroxylation is 1. The van der Waals surface area contributed by atoms with Crippen molar-refractivity contribution in [3.63, 3.8) is 0 Å². The molecule has 0 amide bonds. The molecule has 0 saturated heterocycles. The lowest BCUT2D eigenvalue weighted by atomic mass is 10.2. The maximum absolute atomic E-state index is 14.2. The number of sulfonamides is 1. The van der Waals surface area contributed by atoms with Crippen LogP contribution in [0, 0.1) is 12.7 Å². The zero-order chi connectivity index (χ0) is 27.6. The van der Waals surface area contributed by atoms with Gasteiger partial charge in [-0.15, -0.1) is 10.2 Å². The molecule has 0 unspecified atom stereocenters. The second-order valence-corrected chi connectivity index (χ2v) is 11.8. The minimum atomic E-state index is -4.11. The average molecular weight is 549 g/mol. The predicted molar refractivity (Wildman–Crippen MR) is 139 cm³/mol. The molecular weight excluding hydrogens is 515 g/mol. The van der Waals surface area contributed by atoms with Gasteiger partial charge in [-0.25, -0.2) is 22.8 Å². The maximum Gasteiger partial charge on any atom is 0.240 e. The fourth-order valence-electron chi connectivity index (χ4n) is 3.99. The zero-order valence-electron chi connectivity index (χ0n) is 22.3. The Bertz CT molecular complexity index is 1360. The molecule has 38 heavy (non-hydrogen) atoms. The van der Waals surface area contributed by atoms with Crippen LogP contribution in [0.5, 0.6) is 5.75 Å². The Morgan fingerprint density at radius 1 is 1.13 bits per heavy atom. The molecule has 1 aliphatic rings. The van der Waals surface area contributed by atoms with E-state index in [9.17, 15) is 12.8 Å². The van der Waals surface area contributed by atoms with E-state index in [1.807, 2.05) is 34.6 Å². The Morgan fingerprint density at radius 2 is 1.84 bits per heavy atom. The summed E-state index contributed by atoms with van der Waals surface area (Å²) < 4.78 is 63.3. The molecule has 0 spiro atoms. The summed E-state index contributed by atoms with van der Waals surface area (Å²) >= 11 is 0. The van der Waals surface area contributed by atoms with Gasteiger partial charge in [0.2, 0.25) is 16.0 Å². The number of nitrogens with zero attached hydrogens (tertiary/aromatic N) is 5. The van der Waals surface area contributed by atoms with Gasteiger partial charge in [0.25, 0.3) is 0 Å². The standard InChI is InChI=1S/C25H33FN6O5S/c1-14(2)35-12-19-13-36-21-8-7-18(26)9-20(21)24-29-30-25(32(19)24)31-38(33,34)17(6)22(37-15(3)4)23-27-10-16(5)11-28-23/h7-11,14-15,17,19,22H,12-13H2,1-6H3,(H,30,31)/t17-,19-,22+/m0/s1. The molecule has 0 aliphatic carbocycles. The molecule has 11 nitrogen and oxygen atoms in total. The van der Waals surface area contributed by atoms with E-state index in [0.717, 1.165) is 5.56 Å². The van der Waals surface area contributed by atoms with E-state index in [2.05, 4.69) is 24.9 Å². The van der Waals surface area contributed by atoms with Gasteiger partial charge in [0, 0.05) is 12.4 Å². The van der Waals surface area contributed by atoms with Crippen molar-refractivity contribution >= 4 is 16.0 Å². The van der Waals surface area contributed by atoms with E-state index in [0.29, 0.717) is 11.3 Å². The van der Waals surface area contributed by atoms with E-state index in [-0.39, 0.29) is 43.0 Å². The summed E-state index contributed by atoms with van der Waals surface area (Å²) in [7, 11) is -4.11. The Hall–Kier alpha value is -3.16.